The standard InChI is InChI=1S/C18H24N2O4.C2H6/c1-4-5-7-13(2)12-23-18(22)16-8-6-9-20(16)17(21)11-15-10-14(3)19-24-15;1-2/h4-5,7,10,16H,6,8-9,11-12H2,1-3H3;1-2H3/b5-4-,13-7+;. The van der Waals surface area contributed by atoms with Gasteiger partial charge >= 0.3 is 5.97 Å². The van der Waals surface area contributed by atoms with E-state index in [9.17, 15) is 9.59 Å². The third-order valence-electron chi connectivity index (χ3n) is 3.86. The lowest BCUT2D eigenvalue weighted by atomic mass is 10.2. The lowest BCUT2D eigenvalue weighted by Crippen LogP contribution is -2.42. The molecule has 6 nitrogen and oxygen atoms in total. The molecular formula is C20H30N2O4. The van der Waals surface area contributed by atoms with Gasteiger partial charge in [0, 0.05) is 12.6 Å². The highest BCUT2D eigenvalue weighted by Crippen LogP contribution is 2.20. The van der Waals surface area contributed by atoms with Crippen LogP contribution >= 0.6 is 0 Å². The third-order valence-corrected chi connectivity index (χ3v) is 3.86. The SMILES string of the molecule is C/C=C\C=C(/C)COC(=O)C1CCCN1C(=O)Cc1cc(C)no1.CC. The molecular weight excluding hydrogens is 332 g/mol. The van der Waals surface area contributed by atoms with E-state index in [2.05, 4.69) is 5.16 Å². The number of nitrogens with zero attached hydrogens (tertiary/aromatic N) is 2. The summed E-state index contributed by atoms with van der Waals surface area (Å²) in [6, 6.07) is 1.23. The van der Waals surface area contributed by atoms with Crippen LogP contribution in [0.25, 0.3) is 0 Å². The molecule has 1 fully saturated rings. The third kappa shape index (κ3) is 6.50. The number of hydrogen-bond donors (Lipinski definition) is 0. The molecule has 0 saturated carbocycles. The molecule has 1 aliphatic rings. The van der Waals surface area contributed by atoms with Crippen molar-refractivity contribution in [2.24, 2.45) is 0 Å². The van der Waals surface area contributed by atoms with Crippen molar-refractivity contribution in [2.45, 2.75) is 59.9 Å². The highest BCUT2D eigenvalue weighted by molar-refractivity contribution is 5.86. The molecule has 0 spiro atoms. The fourth-order valence-electron chi connectivity index (χ4n) is 2.65. The molecule has 1 saturated heterocycles. The van der Waals surface area contributed by atoms with E-state index in [0.717, 1.165) is 17.7 Å². The lowest BCUT2D eigenvalue weighted by molar-refractivity contribution is -0.152. The van der Waals surface area contributed by atoms with Gasteiger partial charge in [0.15, 0.2) is 0 Å². The monoisotopic (exact) mass is 362 g/mol. The zero-order valence-corrected chi connectivity index (χ0v) is 16.4. The minimum absolute atomic E-state index is 0.116. The van der Waals surface area contributed by atoms with Gasteiger partial charge in [-0.05, 0) is 39.2 Å². The van der Waals surface area contributed by atoms with Crippen molar-refractivity contribution in [1.82, 2.24) is 10.1 Å². The first-order valence-electron chi connectivity index (χ1n) is 9.18. The highest BCUT2D eigenvalue weighted by Gasteiger charge is 2.35. The Morgan fingerprint density at radius 2 is 2.15 bits per heavy atom. The number of esters is 1. The van der Waals surface area contributed by atoms with E-state index in [1.807, 2.05) is 45.9 Å². The van der Waals surface area contributed by atoms with Crippen LogP contribution in [0, 0.1) is 6.92 Å². The number of amides is 1. The van der Waals surface area contributed by atoms with Crippen molar-refractivity contribution in [2.75, 3.05) is 13.2 Å². The van der Waals surface area contributed by atoms with Gasteiger partial charge in [0.25, 0.3) is 0 Å². The second-order valence-electron chi connectivity index (χ2n) is 6.00. The van der Waals surface area contributed by atoms with E-state index >= 15 is 0 Å². The summed E-state index contributed by atoms with van der Waals surface area (Å²) in [7, 11) is 0. The van der Waals surface area contributed by atoms with E-state index in [1.54, 1.807) is 17.9 Å². The summed E-state index contributed by atoms with van der Waals surface area (Å²) in [6.45, 7) is 10.4. The maximum absolute atomic E-state index is 12.4. The van der Waals surface area contributed by atoms with E-state index in [4.69, 9.17) is 9.26 Å². The minimum Gasteiger partial charge on any atom is -0.460 e. The molecule has 0 bridgehead atoms. The number of rotatable bonds is 6. The Bertz CT molecular complexity index is 646. The Balaban J connectivity index is 0.00000163. The van der Waals surface area contributed by atoms with Crippen LogP contribution in [0.15, 0.2) is 34.4 Å². The molecule has 1 aliphatic heterocycles. The quantitative estimate of drug-likeness (QED) is 0.571. The summed E-state index contributed by atoms with van der Waals surface area (Å²) in [5.41, 5.74) is 1.69. The number of carbonyl (C=O) groups excluding carboxylic acids is 2. The van der Waals surface area contributed by atoms with E-state index in [0.29, 0.717) is 18.7 Å². The van der Waals surface area contributed by atoms with Crippen LogP contribution in [0.1, 0.15) is 52.0 Å². The number of aromatic nitrogens is 1. The number of ether oxygens (including phenoxy) is 1. The summed E-state index contributed by atoms with van der Waals surface area (Å²) < 4.78 is 10.4. The molecule has 0 aliphatic carbocycles. The molecule has 26 heavy (non-hydrogen) atoms. The van der Waals surface area contributed by atoms with Crippen molar-refractivity contribution < 1.29 is 18.8 Å². The first-order chi connectivity index (χ1) is 12.5. The zero-order chi connectivity index (χ0) is 19.5. The fraction of sp³-hybridized carbons (Fsp3) is 0.550. The lowest BCUT2D eigenvalue weighted by Gasteiger charge is -2.23. The predicted octanol–water partition coefficient (Wildman–Crippen LogP) is 3.61. The molecule has 0 aromatic carbocycles. The van der Waals surface area contributed by atoms with Crippen molar-refractivity contribution in [3.8, 4) is 0 Å². The van der Waals surface area contributed by atoms with Gasteiger partial charge in [-0.15, -0.1) is 0 Å². The number of aryl methyl sites for hydroxylation is 1. The molecule has 0 N–H and O–H groups in total. The van der Waals surface area contributed by atoms with Crippen molar-refractivity contribution in [3.63, 3.8) is 0 Å². The van der Waals surface area contributed by atoms with Crippen LogP contribution < -0.4 is 0 Å². The second-order valence-corrected chi connectivity index (χ2v) is 6.00. The molecule has 1 aromatic heterocycles. The Hall–Kier alpha value is -2.37. The largest absolute Gasteiger partial charge is 0.460 e. The average molecular weight is 362 g/mol. The van der Waals surface area contributed by atoms with Crippen molar-refractivity contribution in [3.05, 3.63) is 41.3 Å². The Labute approximate surface area is 155 Å². The Morgan fingerprint density at radius 1 is 1.42 bits per heavy atom. The maximum Gasteiger partial charge on any atom is 0.329 e. The molecule has 0 radical (unpaired) electrons. The molecule has 1 aromatic rings. The smallest absolute Gasteiger partial charge is 0.329 e. The molecule has 2 heterocycles. The fourth-order valence-corrected chi connectivity index (χ4v) is 2.65. The van der Waals surface area contributed by atoms with Gasteiger partial charge in [0.1, 0.15) is 18.4 Å². The van der Waals surface area contributed by atoms with Gasteiger partial charge in [-0.3, -0.25) is 4.79 Å². The van der Waals surface area contributed by atoms with E-state index < -0.39 is 6.04 Å². The summed E-state index contributed by atoms with van der Waals surface area (Å²) in [5, 5.41) is 3.77. The van der Waals surface area contributed by atoms with Crippen LogP contribution in [0.5, 0.6) is 0 Å². The van der Waals surface area contributed by atoms with Crippen LogP contribution in [0.4, 0.5) is 0 Å². The highest BCUT2D eigenvalue weighted by atomic mass is 16.5. The molecule has 144 valence electrons. The maximum atomic E-state index is 12.4. The van der Waals surface area contributed by atoms with Gasteiger partial charge < -0.3 is 14.2 Å². The van der Waals surface area contributed by atoms with Gasteiger partial charge in [-0.25, -0.2) is 4.79 Å². The number of likely N-dealkylation sites (tertiary alicyclic amines) is 1. The molecule has 1 atom stereocenters. The number of allylic oxidation sites excluding steroid dienone is 3. The Kier molecular flexibility index (Phi) is 9.41. The summed E-state index contributed by atoms with van der Waals surface area (Å²) in [6.07, 6.45) is 7.26. The summed E-state index contributed by atoms with van der Waals surface area (Å²) in [5.74, 6) is 0.0382. The molecule has 6 heteroatoms. The molecule has 1 unspecified atom stereocenters. The first kappa shape index (κ1) is 21.7. The van der Waals surface area contributed by atoms with Crippen molar-refractivity contribution >= 4 is 11.9 Å². The van der Waals surface area contributed by atoms with Gasteiger partial charge in [0.2, 0.25) is 5.91 Å². The molecule has 2 rings (SSSR count). The van der Waals surface area contributed by atoms with Gasteiger partial charge in [-0.2, -0.15) is 0 Å². The first-order valence-corrected chi connectivity index (χ1v) is 9.18. The zero-order valence-electron chi connectivity index (χ0n) is 16.4. The molecule has 1 amide bonds. The number of carbonyl (C=O) groups is 2. The Morgan fingerprint density at radius 3 is 2.77 bits per heavy atom. The topological polar surface area (TPSA) is 72.6 Å². The second kappa shape index (κ2) is 11.3. The van der Waals surface area contributed by atoms with E-state index in [-0.39, 0.29) is 24.9 Å². The van der Waals surface area contributed by atoms with Gasteiger partial charge in [0.05, 0.1) is 12.1 Å². The van der Waals surface area contributed by atoms with E-state index in [1.165, 1.54) is 0 Å². The average Bonchev–Trinajstić information content (AvgIpc) is 3.28. The van der Waals surface area contributed by atoms with Crippen LogP contribution in [-0.2, 0) is 20.7 Å². The summed E-state index contributed by atoms with van der Waals surface area (Å²) >= 11 is 0. The van der Waals surface area contributed by atoms with Crippen LogP contribution in [-0.4, -0.2) is 41.1 Å². The van der Waals surface area contributed by atoms with Crippen LogP contribution in [0.2, 0.25) is 0 Å². The predicted molar refractivity (Wildman–Crippen MR) is 101 cm³/mol. The van der Waals surface area contributed by atoms with Gasteiger partial charge in [-0.1, -0.05) is 37.2 Å². The normalized spacial score (nSPS) is 17.2. The van der Waals surface area contributed by atoms with Crippen molar-refractivity contribution in [1.29, 1.82) is 0 Å². The van der Waals surface area contributed by atoms with Crippen LogP contribution in [0.3, 0.4) is 0 Å². The minimum atomic E-state index is -0.504. The summed E-state index contributed by atoms with van der Waals surface area (Å²) in [4.78, 5) is 26.3. The number of hydrogen-bond acceptors (Lipinski definition) is 5.